The Balaban J connectivity index is 1.59. The van der Waals surface area contributed by atoms with Crippen molar-refractivity contribution in [1.29, 1.82) is 0 Å². The Kier molecular flexibility index (Phi) is 6.97. The fraction of sp³-hybridized carbons (Fsp3) is 0.500. The molecule has 0 spiro atoms. The molecule has 2 heterocycles. The van der Waals surface area contributed by atoms with Crippen LogP contribution in [0.3, 0.4) is 0 Å². The number of carbonyl (C=O) groups is 1. The van der Waals surface area contributed by atoms with Crippen molar-refractivity contribution in [3.8, 4) is 5.75 Å². The number of nitrogens with zero attached hydrogens (tertiary/aromatic N) is 6. The van der Waals surface area contributed by atoms with E-state index in [0.717, 1.165) is 11.4 Å². The van der Waals surface area contributed by atoms with Crippen molar-refractivity contribution in [3.63, 3.8) is 0 Å². The first-order chi connectivity index (χ1) is 14.0. The molecule has 2 aliphatic heterocycles. The van der Waals surface area contributed by atoms with E-state index >= 15 is 0 Å². The van der Waals surface area contributed by atoms with Crippen LogP contribution in [-0.4, -0.2) is 61.8 Å². The number of rotatable bonds is 6. The molecule has 1 aromatic rings. The van der Waals surface area contributed by atoms with E-state index in [1.54, 1.807) is 12.1 Å². The smallest absolute Gasteiger partial charge is 0.243 e. The second kappa shape index (κ2) is 9.45. The third kappa shape index (κ3) is 4.64. The fourth-order valence-electron chi connectivity index (χ4n) is 3.49. The van der Waals surface area contributed by atoms with Gasteiger partial charge in [-0.15, -0.1) is 0 Å². The third-order valence-electron chi connectivity index (χ3n) is 5.05. The van der Waals surface area contributed by atoms with Crippen LogP contribution in [-0.2, 0) is 4.79 Å². The average Bonchev–Trinajstić information content (AvgIpc) is 3.02. The maximum absolute atomic E-state index is 12.8. The number of hydrogen-bond donors (Lipinski definition) is 1. The van der Waals surface area contributed by atoms with Crippen molar-refractivity contribution < 1.29 is 9.53 Å². The topological polar surface area (TPSA) is 96.8 Å². The fourth-order valence-corrected chi connectivity index (χ4v) is 4.02. The minimum Gasteiger partial charge on any atom is -0.495 e. The Labute approximate surface area is 179 Å². The summed E-state index contributed by atoms with van der Waals surface area (Å²) in [5.74, 6) is 0.621. The molecule has 1 unspecified atom stereocenters. The van der Waals surface area contributed by atoms with E-state index in [1.165, 1.54) is 0 Å². The van der Waals surface area contributed by atoms with Gasteiger partial charge in [0.2, 0.25) is 5.91 Å². The summed E-state index contributed by atoms with van der Waals surface area (Å²) in [6, 6.07) is 5.67. The van der Waals surface area contributed by atoms with Crippen LogP contribution in [0, 0.1) is 0 Å². The first kappa shape index (κ1) is 21.4. The van der Waals surface area contributed by atoms with Crippen LogP contribution in [0.5, 0.6) is 5.75 Å². The minimum atomic E-state index is -0.666. The average molecular weight is 440 g/mol. The molecule has 1 N–H and O–H groups in total. The van der Waals surface area contributed by atoms with Gasteiger partial charge in [-0.1, -0.05) is 35.2 Å². The number of piperazine rings is 1. The number of anilines is 1. The van der Waals surface area contributed by atoms with Gasteiger partial charge in [-0.3, -0.25) is 4.79 Å². The van der Waals surface area contributed by atoms with Crippen molar-refractivity contribution in [2.45, 2.75) is 19.5 Å². The van der Waals surface area contributed by atoms with E-state index < -0.39 is 6.17 Å². The summed E-state index contributed by atoms with van der Waals surface area (Å²) in [7, 11) is 1.59. The molecule has 9 nitrogen and oxygen atoms in total. The molecule has 3 rings (SSSR count). The quantitative estimate of drug-likeness (QED) is 0.416. The highest BCUT2D eigenvalue weighted by molar-refractivity contribution is 6.32. The lowest BCUT2D eigenvalue weighted by Gasteiger charge is -2.37. The summed E-state index contributed by atoms with van der Waals surface area (Å²) >= 11 is 12.4. The van der Waals surface area contributed by atoms with Gasteiger partial charge in [0.25, 0.3) is 0 Å². The summed E-state index contributed by atoms with van der Waals surface area (Å²) in [6.45, 7) is 4.71. The van der Waals surface area contributed by atoms with Crippen molar-refractivity contribution in [2.75, 3.05) is 44.7 Å². The molecule has 11 heteroatoms. The molecule has 1 atom stereocenters. The number of carbonyl (C=O) groups excluding carboxylic acids is 1. The molecule has 0 radical (unpaired) electrons. The highest BCUT2D eigenvalue weighted by Crippen LogP contribution is 2.30. The van der Waals surface area contributed by atoms with E-state index in [9.17, 15) is 4.79 Å². The van der Waals surface area contributed by atoms with Gasteiger partial charge in [-0.2, -0.15) is 0 Å². The van der Waals surface area contributed by atoms with E-state index in [1.807, 2.05) is 30.0 Å². The number of hydrazine groups is 1. The van der Waals surface area contributed by atoms with Crippen molar-refractivity contribution in [3.05, 3.63) is 44.4 Å². The molecule has 0 bridgehead atoms. The first-order valence-electron chi connectivity index (χ1n) is 9.31. The largest absolute Gasteiger partial charge is 0.495 e. The zero-order valence-electron chi connectivity index (χ0n) is 16.3. The lowest BCUT2D eigenvalue weighted by molar-refractivity contribution is -0.132. The van der Waals surface area contributed by atoms with Gasteiger partial charge in [0.1, 0.15) is 18.5 Å². The third-order valence-corrected chi connectivity index (χ3v) is 5.78. The molecule has 1 amide bonds. The number of methoxy groups -OCH3 is 1. The highest BCUT2D eigenvalue weighted by Gasteiger charge is 2.31. The van der Waals surface area contributed by atoms with Crippen LogP contribution in [0.4, 0.5) is 5.69 Å². The summed E-state index contributed by atoms with van der Waals surface area (Å²) in [4.78, 5) is 19.6. The first-order valence-corrected chi connectivity index (χ1v) is 10.1. The van der Waals surface area contributed by atoms with Gasteiger partial charge < -0.3 is 19.5 Å². The van der Waals surface area contributed by atoms with Crippen LogP contribution in [0.1, 0.15) is 13.3 Å². The maximum Gasteiger partial charge on any atom is 0.243 e. The summed E-state index contributed by atoms with van der Waals surface area (Å²) in [5, 5.41) is 6.30. The highest BCUT2D eigenvalue weighted by atomic mass is 35.5. The number of amides is 1. The van der Waals surface area contributed by atoms with E-state index in [-0.39, 0.29) is 12.5 Å². The van der Waals surface area contributed by atoms with Gasteiger partial charge in [-0.25, -0.2) is 5.43 Å². The predicted octanol–water partition coefficient (Wildman–Crippen LogP) is 3.31. The van der Waals surface area contributed by atoms with Gasteiger partial charge in [0.15, 0.2) is 0 Å². The Morgan fingerprint density at radius 1 is 1.34 bits per heavy atom. The van der Waals surface area contributed by atoms with Gasteiger partial charge in [0.05, 0.1) is 17.2 Å². The molecule has 0 saturated carbocycles. The molecular formula is C18H23Cl2N7O2. The van der Waals surface area contributed by atoms with Crippen molar-refractivity contribution >= 4 is 34.8 Å². The van der Waals surface area contributed by atoms with E-state index in [2.05, 4.69) is 20.4 Å². The number of allylic oxidation sites excluding steroid dienone is 1. The van der Waals surface area contributed by atoms with Crippen LogP contribution in [0.25, 0.3) is 10.4 Å². The molecule has 1 saturated heterocycles. The molecule has 0 aliphatic carbocycles. The number of ether oxygens (including phenoxy) is 1. The van der Waals surface area contributed by atoms with Gasteiger partial charge in [0, 0.05) is 48.5 Å². The van der Waals surface area contributed by atoms with Crippen LogP contribution >= 0.6 is 23.2 Å². The lowest BCUT2D eigenvalue weighted by atomic mass is 10.2. The molecule has 0 aromatic heterocycles. The molecule has 29 heavy (non-hydrogen) atoms. The van der Waals surface area contributed by atoms with Crippen molar-refractivity contribution in [1.82, 2.24) is 15.3 Å². The van der Waals surface area contributed by atoms with Crippen LogP contribution in [0.15, 0.2) is 34.0 Å². The minimum absolute atomic E-state index is 0.0113. The molecule has 1 fully saturated rings. The Hall–Kier alpha value is -2.32. The van der Waals surface area contributed by atoms with Crippen LogP contribution < -0.4 is 15.1 Å². The molecule has 1 aromatic carbocycles. The Morgan fingerprint density at radius 2 is 2.07 bits per heavy atom. The van der Waals surface area contributed by atoms with E-state index in [0.29, 0.717) is 48.4 Å². The Bertz CT molecular complexity index is 849. The molecule has 156 valence electrons. The number of azide groups is 1. The Morgan fingerprint density at radius 3 is 2.69 bits per heavy atom. The maximum atomic E-state index is 12.8. The number of hydrogen-bond acceptors (Lipinski definition) is 6. The number of halogens is 2. The SMILES string of the molecule is CCC1=C(Cl)C(N=[N+]=[N-])NN1CC(=O)N1CCN(c2ccc(Cl)c(OC)c2)CC1. The number of nitrogens with one attached hydrogen (secondary N) is 1. The van der Waals surface area contributed by atoms with Crippen LogP contribution in [0.2, 0.25) is 5.02 Å². The van der Waals surface area contributed by atoms with Crippen molar-refractivity contribution in [2.24, 2.45) is 5.11 Å². The van der Waals surface area contributed by atoms with E-state index in [4.69, 9.17) is 33.5 Å². The normalized spacial score (nSPS) is 19.4. The standard InChI is InChI=1S/C18H23Cl2N7O2/c1-3-14-17(20)18(22-24-21)23-27(14)11-16(28)26-8-6-25(7-9-26)12-4-5-13(19)15(10-12)29-2/h4-5,10,18,23H,3,6-9,11H2,1-2H3. The summed E-state index contributed by atoms with van der Waals surface area (Å²) < 4.78 is 5.28. The monoisotopic (exact) mass is 439 g/mol. The second-order valence-electron chi connectivity index (χ2n) is 6.66. The summed E-state index contributed by atoms with van der Waals surface area (Å²) in [6.07, 6.45) is -0.0379. The summed E-state index contributed by atoms with van der Waals surface area (Å²) in [5.41, 5.74) is 13.4. The lowest BCUT2D eigenvalue weighted by Crippen LogP contribution is -2.52. The zero-order valence-corrected chi connectivity index (χ0v) is 17.8. The predicted molar refractivity (Wildman–Crippen MR) is 113 cm³/mol. The number of benzene rings is 1. The second-order valence-corrected chi connectivity index (χ2v) is 7.47. The van der Waals surface area contributed by atoms with Gasteiger partial charge >= 0.3 is 0 Å². The zero-order chi connectivity index (χ0) is 21.0. The molecule has 2 aliphatic rings. The molecular weight excluding hydrogens is 417 g/mol. The van der Waals surface area contributed by atoms with Gasteiger partial charge in [-0.05, 0) is 24.1 Å².